The second-order valence-electron chi connectivity index (χ2n) is 8.72. The molecular formula is C24H33NO9. The predicted octanol–water partition coefficient (Wildman–Crippen LogP) is 2.99. The van der Waals surface area contributed by atoms with Crippen LogP contribution in [-0.2, 0) is 35.0 Å². The summed E-state index contributed by atoms with van der Waals surface area (Å²) in [5.74, 6) is -1.51. The molecule has 0 aromatic heterocycles. The van der Waals surface area contributed by atoms with E-state index in [9.17, 15) is 24.0 Å². The fraction of sp³-hybridized carbons (Fsp3) is 0.542. The van der Waals surface area contributed by atoms with Crippen LogP contribution in [0.25, 0.3) is 0 Å². The molecule has 0 aliphatic rings. The van der Waals surface area contributed by atoms with Gasteiger partial charge in [-0.1, -0.05) is 26.8 Å². The van der Waals surface area contributed by atoms with Gasteiger partial charge in [0.2, 0.25) is 0 Å². The van der Waals surface area contributed by atoms with Gasteiger partial charge in [0, 0.05) is 12.8 Å². The highest BCUT2D eigenvalue weighted by Crippen LogP contribution is 2.23. The Morgan fingerprint density at radius 3 is 2.41 bits per heavy atom. The molecule has 0 aliphatic heterocycles. The lowest BCUT2D eigenvalue weighted by molar-refractivity contribution is -0.145. The van der Waals surface area contributed by atoms with Gasteiger partial charge in [-0.25, -0.2) is 9.59 Å². The van der Waals surface area contributed by atoms with Gasteiger partial charge in [-0.05, 0) is 43.4 Å². The molecule has 0 aliphatic carbocycles. The van der Waals surface area contributed by atoms with Crippen LogP contribution in [-0.4, -0.2) is 56.1 Å². The number of alkyl carbamates (subject to hydrolysis) is 1. The maximum Gasteiger partial charge on any atom is 0.407 e. The Bertz CT molecular complexity index is 874. The minimum absolute atomic E-state index is 0.00152. The topological polar surface area (TPSA) is 134 Å². The number of benzene rings is 1. The summed E-state index contributed by atoms with van der Waals surface area (Å²) in [7, 11) is 0. The van der Waals surface area contributed by atoms with Crippen LogP contribution in [0.15, 0.2) is 18.2 Å². The Morgan fingerprint density at radius 2 is 1.82 bits per heavy atom. The van der Waals surface area contributed by atoms with Crippen molar-refractivity contribution in [2.24, 2.45) is 5.41 Å². The standard InChI is InChI=1S/C24H33NO9/c1-6-32-22(29)19(25-23(30)33-14-24(3,4)5)13-17-9-10-20(18(12-17)16(2)27)34-21(28)8-7-11-31-15-26/h9-10,12,15,19H,6-8,11,13-14H2,1-5H3,(H,25,30). The zero-order valence-electron chi connectivity index (χ0n) is 20.3. The van der Waals surface area contributed by atoms with E-state index in [1.54, 1.807) is 13.0 Å². The number of amides is 1. The van der Waals surface area contributed by atoms with Crippen molar-refractivity contribution in [3.8, 4) is 5.75 Å². The molecule has 1 aromatic carbocycles. The lowest BCUT2D eigenvalue weighted by Gasteiger charge is -2.21. The fourth-order valence-corrected chi connectivity index (χ4v) is 2.73. The first-order chi connectivity index (χ1) is 16.0. The Hall–Kier alpha value is -3.43. The van der Waals surface area contributed by atoms with Crippen molar-refractivity contribution in [1.82, 2.24) is 5.32 Å². The predicted molar refractivity (Wildman–Crippen MR) is 121 cm³/mol. The third-order valence-electron chi connectivity index (χ3n) is 4.30. The van der Waals surface area contributed by atoms with Crippen LogP contribution in [0.2, 0.25) is 0 Å². The number of hydrogen-bond donors (Lipinski definition) is 1. The van der Waals surface area contributed by atoms with Crippen molar-refractivity contribution >= 4 is 30.3 Å². The summed E-state index contributed by atoms with van der Waals surface area (Å²) >= 11 is 0. The maximum absolute atomic E-state index is 12.4. The van der Waals surface area contributed by atoms with Gasteiger partial charge in [0.1, 0.15) is 11.8 Å². The SMILES string of the molecule is CCOC(=O)C(Cc1ccc(OC(=O)CCCOC=O)c(C(C)=O)c1)NC(=O)OCC(C)(C)C. The Kier molecular flexibility index (Phi) is 11.8. The number of carbonyl (C=O) groups excluding carboxylic acids is 5. The average molecular weight is 480 g/mol. The van der Waals surface area contributed by atoms with Crippen molar-refractivity contribution in [2.75, 3.05) is 19.8 Å². The first-order valence-electron chi connectivity index (χ1n) is 11.0. The molecule has 1 unspecified atom stereocenters. The molecule has 0 radical (unpaired) electrons. The van der Waals surface area contributed by atoms with Crippen molar-refractivity contribution in [2.45, 2.75) is 59.9 Å². The highest BCUT2D eigenvalue weighted by molar-refractivity contribution is 5.97. The minimum atomic E-state index is -1.04. The van der Waals surface area contributed by atoms with Gasteiger partial charge >= 0.3 is 18.0 Å². The molecule has 1 amide bonds. The second kappa shape index (κ2) is 14.0. The Balaban J connectivity index is 2.96. The van der Waals surface area contributed by atoms with E-state index in [1.807, 2.05) is 20.8 Å². The van der Waals surface area contributed by atoms with Crippen LogP contribution < -0.4 is 10.1 Å². The van der Waals surface area contributed by atoms with Gasteiger partial charge in [0.25, 0.3) is 6.47 Å². The van der Waals surface area contributed by atoms with E-state index >= 15 is 0 Å². The molecule has 1 aromatic rings. The number of rotatable bonds is 13. The molecule has 1 rings (SSSR count). The number of hydrogen-bond acceptors (Lipinski definition) is 9. The van der Waals surface area contributed by atoms with Gasteiger partial charge in [0.15, 0.2) is 5.78 Å². The smallest absolute Gasteiger partial charge is 0.407 e. The average Bonchev–Trinajstić information content (AvgIpc) is 2.75. The fourth-order valence-electron chi connectivity index (χ4n) is 2.73. The number of nitrogens with one attached hydrogen (secondary N) is 1. The lowest BCUT2D eigenvalue weighted by atomic mass is 9.99. The third kappa shape index (κ3) is 10.9. The second-order valence-corrected chi connectivity index (χ2v) is 8.72. The minimum Gasteiger partial charge on any atom is -0.468 e. The van der Waals surface area contributed by atoms with Crippen LogP contribution in [0.1, 0.15) is 63.4 Å². The molecule has 0 saturated heterocycles. The molecule has 1 atom stereocenters. The summed E-state index contributed by atoms with van der Waals surface area (Å²) in [6.07, 6.45) is -0.452. The van der Waals surface area contributed by atoms with Gasteiger partial charge in [-0.2, -0.15) is 0 Å². The maximum atomic E-state index is 12.4. The summed E-state index contributed by atoms with van der Waals surface area (Å²) in [4.78, 5) is 58.9. The van der Waals surface area contributed by atoms with Gasteiger partial charge in [-0.3, -0.25) is 14.4 Å². The van der Waals surface area contributed by atoms with E-state index in [2.05, 4.69) is 10.1 Å². The number of ketones is 1. The van der Waals surface area contributed by atoms with Gasteiger partial charge in [-0.15, -0.1) is 0 Å². The summed E-state index contributed by atoms with van der Waals surface area (Å²) < 4.78 is 20.0. The van der Waals surface area contributed by atoms with E-state index in [0.717, 1.165) is 0 Å². The summed E-state index contributed by atoms with van der Waals surface area (Å²) in [6.45, 7) is 9.33. The van der Waals surface area contributed by atoms with Crippen LogP contribution in [0.5, 0.6) is 5.75 Å². The Labute approximate surface area is 199 Å². The van der Waals surface area contributed by atoms with Gasteiger partial charge in [0.05, 0.1) is 25.4 Å². The first-order valence-corrected chi connectivity index (χ1v) is 11.0. The Morgan fingerprint density at radius 1 is 1.12 bits per heavy atom. The molecular weight excluding hydrogens is 446 g/mol. The van der Waals surface area contributed by atoms with Crippen molar-refractivity contribution in [3.05, 3.63) is 29.3 Å². The zero-order chi connectivity index (χ0) is 25.7. The van der Waals surface area contributed by atoms with Crippen LogP contribution in [0.3, 0.4) is 0 Å². The first kappa shape index (κ1) is 28.6. The number of Topliss-reactive ketones (excluding diaryl/α,β-unsaturated/α-hetero) is 1. The normalized spacial score (nSPS) is 11.7. The van der Waals surface area contributed by atoms with Crippen LogP contribution in [0.4, 0.5) is 4.79 Å². The van der Waals surface area contributed by atoms with E-state index in [0.29, 0.717) is 12.0 Å². The van der Waals surface area contributed by atoms with E-state index in [-0.39, 0.29) is 61.6 Å². The van der Waals surface area contributed by atoms with Crippen molar-refractivity contribution in [1.29, 1.82) is 0 Å². The summed E-state index contributed by atoms with van der Waals surface area (Å²) in [5.41, 5.74) is 0.438. The molecule has 0 heterocycles. The lowest BCUT2D eigenvalue weighted by Crippen LogP contribution is -2.44. The largest absolute Gasteiger partial charge is 0.468 e. The van der Waals surface area contributed by atoms with Crippen molar-refractivity contribution in [3.63, 3.8) is 0 Å². The van der Waals surface area contributed by atoms with Gasteiger partial charge < -0.3 is 24.3 Å². The molecule has 0 spiro atoms. The number of ether oxygens (including phenoxy) is 4. The number of esters is 2. The molecule has 1 N–H and O–H groups in total. The molecule has 188 valence electrons. The number of carbonyl (C=O) groups is 5. The molecule has 0 bridgehead atoms. The van der Waals surface area contributed by atoms with E-state index in [1.165, 1.54) is 19.1 Å². The van der Waals surface area contributed by atoms with Crippen molar-refractivity contribution < 1.29 is 42.9 Å². The summed E-state index contributed by atoms with van der Waals surface area (Å²) in [6, 6.07) is 3.48. The molecule has 0 fully saturated rings. The zero-order valence-corrected chi connectivity index (χ0v) is 20.3. The van der Waals surface area contributed by atoms with E-state index in [4.69, 9.17) is 14.2 Å². The monoisotopic (exact) mass is 479 g/mol. The highest BCUT2D eigenvalue weighted by atomic mass is 16.6. The highest BCUT2D eigenvalue weighted by Gasteiger charge is 2.25. The molecule has 10 heteroatoms. The van der Waals surface area contributed by atoms with Crippen LogP contribution >= 0.6 is 0 Å². The molecule has 0 saturated carbocycles. The molecule has 10 nitrogen and oxygen atoms in total. The van der Waals surface area contributed by atoms with Crippen LogP contribution in [0, 0.1) is 5.41 Å². The van der Waals surface area contributed by atoms with E-state index < -0.39 is 24.1 Å². The third-order valence-corrected chi connectivity index (χ3v) is 4.30. The molecule has 34 heavy (non-hydrogen) atoms. The summed E-state index contributed by atoms with van der Waals surface area (Å²) in [5, 5.41) is 2.51. The quantitative estimate of drug-likeness (QED) is 0.113.